The average molecular weight is 1090 g/mol. The maximum absolute atomic E-state index is 15.6. The van der Waals surface area contributed by atoms with E-state index in [-0.39, 0.29) is 71.9 Å². The number of carboxylic acids is 1. The summed E-state index contributed by atoms with van der Waals surface area (Å²) in [6, 6.07) is 46.4. The highest BCUT2D eigenvalue weighted by molar-refractivity contribution is 6.44. The minimum Gasteiger partial charge on any atom is -0.478 e. The van der Waals surface area contributed by atoms with Gasteiger partial charge in [0.05, 0.1) is 28.1 Å². The standard InChI is InChI=1S/C69H47N3O11/c1-68(2,3)35-12-22-40(23-13-35)82-52-32-49-57-50(66(78)72(65(49)77)38-18-16-37(17-19-38)71-63(75)47-28-26-45-55-46(62(74)70-61(45)73)27-29-48(56(47)55)64(71)76)33-53(83-41-24-14-36(15-25-41)69(4,5)6)59-44-30-31-51(81-39-20-10-34(11-21-39)67(79)80)42-8-7-9-43(54(42)44)58(52)60(57)59/h7-33H,1-6H3,(H,79,80)(H,70,73,74). The van der Waals surface area contributed by atoms with Gasteiger partial charge in [-0.25, -0.2) is 14.6 Å². The van der Waals surface area contributed by atoms with Crippen molar-refractivity contribution < 1.29 is 52.9 Å². The van der Waals surface area contributed by atoms with Crippen LogP contribution in [0, 0.1) is 0 Å². The van der Waals surface area contributed by atoms with E-state index in [2.05, 4.69) is 46.9 Å². The molecule has 14 heteroatoms. The Balaban J connectivity index is 0.953. The summed E-state index contributed by atoms with van der Waals surface area (Å²) in [7, 11) is 0. The molecule has 3 aliphatic rings. The predicted molar refractivity (Wildman–Crippen MR) is 316 cm³/mol. The summed E-state index contributed by atoms with van der Waals surface area (Å²) >= 11 is 0. The van der Waals surface area contributed by atoms with Crippen molar-refractivity contribution in [1.29, 1.82) is 0 Å². The van der Waals surface area contributed by atoms with Crippen LogP contribution >= 0.6 is 0 Å². The molecule has 0 spiro atoms. The number of carbonyl (C=O) groups excluding carboxylic acids is 6. The lowest BCUT2D eigenvalue weighted by molar-refractivity contribution is 0.0694. The molecule has 11 aromatic rings. The second kappa shape index (κ2) is 17.9. The zero-order valence-corrected chi connectivity index (χ0v) is 45.5. The van der Waals surface area contributed by atoms with Crippen molar-refractivity contribution in [3.8, 4) is 34.5 Å². The van der Waals surface area contributed by atoms with Gasteiger partial charge >= 0.3 is 5.97 Å². The zero-order chi connectivity index (χ0) is 57.7. The molecule has 0 aliphatic carbocycles. The first-order valence-electron chi connectivity index (χ1n) is 26.9. The molecule has 3 aliphatic heterocycles. The Morgan fingerprint density at radius 3 is 1.23 bits per heavy atom. The fourth-order valence-electron chi connectivity index (χ4n) is 12.0. The normalized spacial score (nSPS) is 14.2. The summed E-state index contributed by atoms with van der Waals surface area (Å²) in [5.41, 5.74) is 3.15. The lowest BCUT2D eigenvalue weighted by Gasteiger charge is -2.31. The van der Waals surface area contributed by atoms with Crippen LogP contribution in [-0.4, -0.2) is 46.5 Å². The monoisotopic (exact) mass is 1090 g/mol. The van der Waals surface area contributed by atoms with Crippen LogP contribution in [0.1, 0.15) is 125 Å². The molecular weight excluding hydrogens is 1050 g/mol. The molecule has 0 bridgehead atoms. The zero-order valence-electron chi connectivity index (χ0n) is 45.5. The summed E-state index contributed by atoms with van der Waals surface area (Å²) in [6.07, 6.45) is 0. The van der Waals surface area contributed by atoms with E-state index in [1.807, 2.05) is 78.9 Å². The van der Waals surface area contributed by atoms with E-state index in [4.69, 9.17) is 14.2 Å². The molecule has 2 N–H and O–H groups in total. The molecule has 0 atom stereocenters. The van der Waals surface area contributed by atoms with Crippen LogP contribution in [0.25, 0.3) is 53.9 Å². The van der Waals surface area contributed by atoms with E-state index in [0.29, 0.717) is 61.4 Å². The Hall–Kier alpha value is -10.7. The number of benzene rings is 11. The Morgan fingerprint density at radius 2 is 0.771 bits per heavy atom. The number of rotatable bonds is 9. The van der Waals surface area contributed by atoms with Gasteiger partial charge < -0.3 is 19.3 Å². The topological polar surface area (TPSA) is 186 Å². The van der Waals surface area contributed by atoms with E-state index >= 15 is 9.59 Å². The van der Waals surface area contributed by atoms with Crippen molar-refractivity contribution in [2.24, 2.45) is 0 Å². The molecule has 14 nitrogen and oxygen atoms in total. The second-order valence-electron chi connectivity index (χ2n) is 23.1. The van der Waals surface area contributed by atoms with Crippen LogP contribution in [0.5, 0.6) is 34.5 Å². The number of carboxylic acid groups (broad SMARTS) is 1. The number of carbonyl (C=O) groups is 7. The van der Waals surface area contributed by atoms with Gasteiger partial charge in [-0.05, 0) is 154 Å². The van der Waals surface area contributed by atoms with Crippen molar-refractivity contribution in [3.05, 3.63) is 214 Å². The average Bonchev–Trinajstić information content (AvgIpc) is 2.53. The Labute approximate surface area is 473 Å². The Kier molecular flexibility index (Phi) is 10.9. The van der Waals surface area contributed by atoms with Crippen molar-refractivity contribution in [3.63, 3.8) is 0 Å². The third-order valence-electron chi connectivity index (χ3n) is 16.1. The maximum Gasteiger partial charge on any atom is 0.335 e. The first kappa shape index (κ1) is 50.5. The third-order valence-corrected chi connectivity index (χ3v) is 16.1. The van der Waals surface area contributed by atoms with Crippen LogP contribution in [0.4, 0.5) is 11.4 Å². The highest BCUT2D eigenvalue weighted by atomic mass is 16.5. The number of nitrogens with one attached hydrogen (secondary N) is 1. The molecule has 0 aromatic heterocycles. The molecule has 0 saturated carbocycles. The highest BCUT2D eigenvalue weighted by Gasteiger charge is 2.41. The number of hydrogen-bond acceptors (Lipinski definition) is 10. The molecule has 3 heterocycles. The first-order valence-corrected chi connectivity index (χ1v) is 26.9. The summed E-state index contributed by atoms with van der Waals surface area (Å²) in [6.45, 7) is 12.7. The largest absolute Gasteiger partial charge is 0.478 e. The lowest BCUT2D eigenvalue weighted by atomic mass is 9.83. The smallest absolute Gasteiger partial charge is 0.335 e. The number of amides is 6. The fourth-order valence-corrected chi connectivity index (χ4v) is 12.0. The van der Waals surface area contributed by atoms with E-state index in [9.17, 15) is 29.1 Å². The number of aromatic carboxylic acids is 1. The van der Waals surface area contributed by atoms with Crippen LogP contribution < -0.4 is 29.3 Å². The van der Waals surface area contributed by atoms with Crippen LogP contribution in [0.2, 0.25) is 0 Å². The number of anilines is 2. The van der Waals surface area contributed by atoms with Gasteiger partial charge in [-0.2, -0.15) is 0 Å². The SMILES string of the molecule is CC(C)(C)c1ccc(Oc2cc3c4c(cc(Oc5ccc(C(C)(C)C)cc5)c5c6ccc(Oc7ccc(C(=O)O)cc7)c7cccc(c2c45)c76)C(=O)N(c2ccc(N4C(=O)c5ccc6c7c(ccc(c57)C4=O)C(=O)NC6=O)cc2)C3=O)cc1. The molecule has 14 rings (SSSR count). The van der Waals surface area contributed by atoms with Crippen molar-refractivity contribution in [2.75, 3.05) is 9.80 Å². The minimum absolute atomic E-state index is 0.113. The molecule has 0 saturated heterocycles. The number of ether oxygens (including phenoxy) is 3. The van der Waals surface area contributed by atoms with Crippen LogP contribution in [0.3, 0.4) is 0 Å². The molecule has 404 valence electrons. The van der Waals surface area contributed by atoms with Gasteiger partial charge in [-0.1, -0.05) is 84.0 Å². The molecule has 6 amide bonds. The van der Waals surface area contributed by atoms with Crippen molar-refractivity contribution in [1.82, 2.24) is 5.32 Å². The van der Waals surface area contributed by atoms with Crippen LogP contribution in [0.15, 0.2) is 164 Å². The van der Waals surface area contributed by atoms with Gasteiger partial charge in [0.1, 0.15) is 34.5 Å². The minimum atomic E-state index is -1.06. The molecule has 0 unspecified atom stereocenters. The van der Waals surface area contributed by atoms with E-state index < -0.39 is 41.4 Å². The second-order valence-corrected chi connectivity index (χ2v) is 23.1. The number of fused-ring (bicyclic) bond motifs is 2. The van der Waals surface area contributed by atoms with E-state index in [1.165, 1.54) is 60.7 Å². The first-order chi connectivity index (χ1) is 39.7. The molecule has 0 fully saturated rings. The molecule has 11 aromatic carbocycles. The lowest BCUT2D eigenvalue weighted by Crippen LogP contribution is -2.42. The summed E-state index contributed by atoms with van der Waals surface area (Å²) < 4.78 is 20.5. The molecule has 0 radical (unpaired) electrons. The number of hydrogen-bond donors (Lipinski definition) is 2. The summed E-state index contributed by atoms with van der Waals surface area (Å²) in [5, 5.41) is 17.4. The fraction of sp³-hybridized carbons (Fsp3) is 0.116. The summed E-state index contributed by atoms with van der Waals surface area (Å²) in [5.74, 6) is -2.51. The van der Waals surface area contributed by atoms with Crippen LogP contribution in [-0.2, 0) is 10.8 Å². The van der Waals surface area contributed by atoms with E-state index in [0.717, 1.165) is 37.1 Å². The number of imide groups is 3. The maximum atomic E-state index is 15.6. The highest BCUT2D eigenvalue weighted by Crippen LogP contribution is 2.54. The van der Waals surface area contributed by atoms with E-state index in [1.54, 1.807) is 24.3 Å². The molecule has 83 heavy (non-hydrogen) atoms. The van der Waals surface area contributed by atoms with Crippen molar-refractivity contribution in [2.45, 2.75) is 52.4 Å². The van der Waals surface area contributed by atoms with Gasteiger partial charge in [0.2, 0.25) is 0 Å². The van der Waals surface area contributed by atoms with Gasteiger partial charge in [0.15, 0.2) is 0 Å². The van der Waals surface area contributed by atoms with Crippen molar-refractivity contribution >= 4 is 107 Å². The van der Waals surface area contributed by atoms with Gasteiger partial charge in [-0.3, -0.25) is 34.1 Å². The van der Waals surface area contributed by atoms with Gasteiger partial charge in [0.25, 0.3) is 35.4 Å². The quantitative estimate of drug-likeness (QED) is 0.0796. The Bertz CT molecular complexity index is 4560. The Morgan fingerprint density at radius 1 is 0.386 bits per heavy atom. The molecular formula is C69H47N3O11. The predicted octanol–water partition coefficient (Wildman–Crippen LogP) is 15.0. The van der Waals surface area contributed by atoms with Gasteiger partial charge in [-0.15, -0.1) is 0 Å². The number of nitrogens with zero attached hydrogens (tertiary/aromatic N) is 2. The summed E-state index contributed by atoms with van der Waals surface area (Å²) in [4.78, 5) is 99.4. The third kappa shape index (κ3) is 7.73. The van der Waals surface area contributed by atoms with Gasteiger partial charge in [0, 0.05) is 65.3 Å².